The Kier molecular flexibility index (Phi) is 5.38. The second-order valence-corrected chi connectivity index (χ2v) is 2.56. The quantitative estimate of drug-likeness (QED) is 0.575. The Morgan fingerprint density at radius 1 is 1.14 bits per heavy atom. The Morgan fingerprint density at radius 3 is 1.86 bits per heavy atom. The number of rotatable bonds is 2. The maximum absolute atomic E-state index is 12.1. The van der Waals surface area contributed by atoms with Crippen LogP contribution in [-0.4, -0.2) is 12.9 Å². The van der Waals surface area contributed by atoms with Crippen LogP contribution in [0.4, 0.5) is 12.9 Å². The molecule has 1 aromatic rings. The largest absolute Gasteiger partial charge is 1.00 e. The second-order valence-electron chi connectivity index (χ2n) is 2.56. The van der Waals surface area contributed by atoms with Gasteiger partial charge < -0.3 is 18.7 Å². The fourth-order valence-electron chi connectivity index (χ4n) is 0.866. The fourth-order valence-corrected chi connectivity index (χ4v) is 0.866. The van der Waals surface area contributed by atoms with Gasteiger partial charge in [0, 0.05) is 5.56 Å². The van der Waals surface area contributed by atoms with Gasteiger partial charge in [0.25, 0.3) is 0 Å². The van der Waals surface area contributed by atoms with Crippen LogP contribution < -0.4 is 62.6 Å². The molecular formula is C7H6BF3KNO. The molecule has 0 bridgehead atoms. The van der Waals surface area contributed by atoms with Crippen LogP contribution in [0.5, 0.6) is 0 Å². The Bertz CT molecular complexity index is 325. The number of nitrogens with two attached hydrogens (primary N) is 1. The SMILES string of the molecule is NC(=O)c1ccc([B-](F)(F)F)cc1.[K+]. The minimum atomic E-state index is -4.99. The third kappa shape index (κ3) is 3.74. The first-order valence-electron chi connectivity index (χ1n) is 3.51. The Labute approximate surface area is 122 Å². The van der Waals surface area contributed by atoms with Crippen LogP contribution in [0, 0.1) is 0 Å². The minimum Gasteiger partial charge on any atom is -0.445 e. The molecule has 0 aromatic heterocycles. The smallest absolute Gasteiger partial charge is 0.445 e. The summed E-state index contributed by atoms with van der Waals surface area (Å²) in [7, 11) is 0. The average molecular weight is 227 g/mol. The number of halogens is 3. The van der Waals surface area contributed by atoms with E-state index in [0.29, 0.717) is 0 Å². The number of primary amides is 1. The summed E-state index contributed by atoms with van der Waals surface area (Å²) in [6.07, 6.45) is 0. The van der Waals surface area contributed by atoms with Gasteiger partial charge in [-0.15, -0.1) is 5.46 Å². The molecule has 0 aliphatic carbocycles. The molecule has 0 unspecified atom stereocenters. The molecule has 0 fully saturated rings. The van der Waals surface area contributed by atoms with E-state index >= 15 is 0 Å². The summed E-state index contributed by atoms with van der Waals surface area (Å²) >= 11 is 0. The zero-order valence-corrected chi connectivity index (χ0v) is 10.6. The first-order valence-corrected chi connectivity index (χ1v) is 3.51. The molecule has 2 nitrogen and oxygen atoms in total. The van der Waals surface area contributed by atoms with E-state index in [1.165, 1.54) is 0 Å². The van der Waals surface area contributed by atoms with Gasteiger partial charge in [-0.25, -0.2) is 0 Å². The van der Waals surface area contributed by atoms with Crippen molar-refractivity contribution in [2.24, 2.45) is 5.73 Å². The summed E-state index contributed by atoms with van der Waals surface area (Å²) in [5.74, 6) is -0.735. The van der Waals surface area contributed by atoms with E-state index in [4.69, 9.17) is 5.73 Å². The predicted molar refractivity (Wildman–Crippen MR) is 43.7 cm³/mol. The first-order chi connectivity index (χ1) is 5.91. The number of benzene rings is 1. The van der Waals surface area contributed by atoms with Gasteiger partial charge >= 0.3 is 58.4 Å². The molecule has 0 saturated carbocycles. The molecule has 14 heavy (non-hydrogen) atoms. The average Bonchev–Trinajstić information content (AvgIpc) is 2.03. The van der Waals surface area contributed by atoms with E-state index in [-0.39, 0.29) is 56.9 Å². The van der Waals surface area contributed by atoms with Gasteiger partial charge in [0.1, 0.15) is 0 Å². The topological polar surface area (TPSA) is 43.1 Å². The van der Waals surface area contributed by atoms with Gasteiger partial charge in [-0.1, -0.05) is 24.3 Å². The number of carbonyl (C=O) groups excluding carboxylic acids is 1. The molecular weight excluding hydrogens is 221 g/mol. The van der Waals surface area contributed by atoms with Crippen LogP contribution in [0.25, 0.3) is 0 Å². The van der Waals surface area contributed by atoms with Crippen LogP contribution in [0.2, 0.25) is 0 Å². The van der Waals surface area contributed by atoms with E-state index in [1.807, 2.05) is 0 Å². The number of carbonyl (C=O) groups is 1. The summed E-state index contributed by atoms with van der Waals surface area (Å²) in [6, 6.07) is 3.82. The molecule has 0 spiro atoms. The van der Waals surface area contributed by atoms with Crippen molar-refractivity contribution in [3.8, 4) is 0 Å². The summed E-state index contributed by atoms with van der Waals surface area (Å²) in [5, 5.41) is 0. The van der Waals surface area contributed by atoms with Crippen molar-refractivity contribution < 1.29 is 69.1 Å². The van der Waals surface area contributed by atoms with Gasteiger partial charge in [-0.05, 0) is 0 Å². The van der Waals surface area contributed by atoms with E-state index in [9.17, 15) is 17.7 Å². The number of hydrogen-bond acceptors (Lipinski definition) is 1. The van der Waals surface area contributed by atoms with Crippen LogP contribution in [-0.2, 0) is 0 Å². The van der Waals surface area contributed by atoms with Crippen molar-refractivity contribution in [1.29, 1.82) is 0 Å². The fraction of sp³-hybridized carbons (Fsp3) is 0. The monoisotopic (exact) mass is 227 g/mol. The van der Waals surface area contributed by atoms with Crippen LogP contribution in [0.3, 0.4) is 0 Å². The molecule has 1 aromatic carbocycles. The molecule has 0 heterocycles. The van der Waals surface area contributed by atoms with Gasteiger partial charge in [0.15, 0.2) is 0 Å². The van der Waals surface area contributed by atoms with Crippen molar-refractivity contribution in [3.05, 3.63) is 29.8 Å². The first kappa shape index (κ1) is 14.2. The van der Waals surface area contributed by atoms with Crippen molar-refractivity contribution in [3.63, 3.8) is 0 Å². The summed E-state index contributed by atoms with van der Waals surface area (Å²) in [5.41, 5.74) is 4.20. The van der Waals surface area contributed by atoms with Gasteiger partial charge in [0.2, 0.25) is 5.91 Å². The molecule has 2 N–H and O–H groups in total. The maximum Gasteiger partial charge on any atom is 1.00 e. The van der Waals surface area contributed by atoms with Crippen molar-refractivity contribution >= 4 is 18.3 Å². The van der Waals surface area contributed by atoms with Gasteiger partial charge in [-0.3, -0.25) is 4.79 Å². The Hall–Kier alpha value is 0.181. The zero-order chi connectivity index (χ0) is 10.1. The van der Waals surface area contributed by atoms with E-state index in [0.717, 1.165) is 24.3 Å². The van der Waals surface area contributed by atoms with Crippen molar-refractivity contribution in [1.82, 2.24) is 0 Å². The number of amides is 1. The Morgan fingerprint density at radius 2 is 1.57 bits per heavy atom. The van der Waals surface area contributed by atoms with Crippen molar-refractivity contribution in [2.75, 3.05) is 0 Å². The normalized spacial score (nSPS) is 10.5. The van der Waals surface area contributed by atoms with Gasteiger partial charge in [-0.2, -0.15) is 0 Å². The molecule has 1 rings (SSSR count). The molecule has 7 heteroatoms. The van der Waals surface area contributed by atoms with Gasteiger partial charge in [0.05, 0.1) is 0 Å². The molecule has 70 valence electrons. The van der Waals surface area contributed by atoms with E-state index in [2.05, 4.69) is 0 Å². The van der Waals surface area contributed by atoms with E-state index < -0.39 is 18.3 Å². The predicted octanol–water partition coefficient (Wildman–Crippen LogP) is -2.16. The third-order valence-corrected chi connectivity index (χ3v) is 1.57. The Balaban J connectivity index is 0.00000169. The van der Waals surface area contributed by atoms with E-state index in [1.54, 1.807) is 0 Å². The summed E-state index contributed by atoms with van der Waals surface area (Å²) < 4.78 is 36.2. The zero-order valence-electron chi connectivity index (χ0n) is 7.51. The minimum absolute atomic E-state index is 0. The maximum atomic E-state index is 12.1. The molecule has 0 atom stereocenters. The van der Waals surface area contributed by atoms with Crippen LogP contribution in [0.15, 0.2) is 24.3 Å². The molecule has 1 amide bonds. The van der Waals surface area contributed by atoms with Crippen LogP contribution in [0.1, 0.15) is 10.4 Å². The number of hydrogen-bond donors (Lipinski definition) is 1. The molecule has 0 aliphatic rings. The van der Waals surface area contributed by atoms with Crippen LogP contribution >= 0.6 is 0 Å². The summed E-state index contributed by atoms with van der Waals surface area (Å²) in [6.45, 7) is -4.99. The molecule has 0 saturated heterocycles. The summed E-state index contributed by atoms with van der Waals surface area (Å²) in [4.78, 5) is 10.5. The molecule has 0 aliphatic heterocycles. The van der Waals surface area contributed by atoms with Crippen molar-refractivity contribution in [2.45, 2.75) is 0 Å². The second kappa shape index (κ2) is 5.32. The molecule has 0 radical (unpaired) electrons. The third-order valence-electron chi connectivity index (χ3n) is 1.57. The standard InChI is InChI=1S/C7H6BF3NO.K/c9-8(10,11)6-3-1-5(2-4-6)7(12)13;/h1-4H,(H2,12,13);/q-1;+1.